The fraction of sp³-hybridized carbons (Fsp3) is 0.0909. The molecule has 1 fully saturated rings. The van der Waals surface area contributed by atoms with Gasteiger partial charge in [0.15, 0.2) is 0 Å². The van der Waals surface area contributed by atoms with Gasteiger partial charge in [-0.25, -0.2) is 0 Å². The summed E-state index contributed by atoms with van der Waals surface area (Å²) in [7, 11) is 0. The van der Waals surface area contributed by atoms with Gasteiger partial charge < -0.3 is 4.42 Å². The molecule has 0 unspecified atom stereocenters. The second-order valence-electron chi connectivity index (χ2n) is 6.52. The summed E-state index contributed by atoms with van der Waals surface area (Å²) in [6.07, 6.45) is 1.58. The Bertz CT molecular complexity index is 1150. The summed E-state index contributed by atoms with van der Waals surface area (Å²) in [5, 5.41) is 0.710. The molecule has 0 spiro atoms. The first-order valence-corrected chi connectivity index (χ1v) is 10.3. The Morgan fingerprint density at radius 2 is 1.86 bits per heavy atom. The number of carbonyl (C=O) groups is 2. The normalized spacial score (nSPS) is 15.6. The van der Waals surface area contributed by atoms with Gasteiger partial charge >= 0.3 is 0 Å². The van der Waals surface area contributed by atoms with Crippen LogP contribution in [0.5, 0.6) is 0 Å². The van der Waals surface area contributed by atoms with Gasteiger partial charge in [0.2, 0.25) is 0 Å². The fourth-order valence-electron chi connectivity index (χ4n) is 2.99. The number of benzene rings is 2. The SMILES string of the molecule is Cc1ccccc1CN1C(=O)S/C(=C\c2ccc(-c3ccc(Cl)cc3Cl)o2)C1=O. The number of halogens is 2. The van der Waals surface area contributed by atoms with E-state index in [4.69, 9.17) is 27.6 Å². The third-order valence-corrected chi connectivity index (χ3v) is 6.02. The molecule has 1 aromatic heterocycles. The molecule has 1 aliphatic heterocycles. The maximum atomic E-state index is 12.7. The number of amides is 2. The highest BCUT2D eigenvalue weighted by Crippen LogP contribution is 2.36. The van der Waals surface area contributed by atoms with E-state index in [1.165, 1.54) is 4.90 Å². The summed E-state index contributed by atoms with van der Waals surface area (Å²) < 4.78 is 5.81. The summed E-state index contributed by atoms with van der Waals surface area (Å²) in [4.78, 5) is 26.7. The fourth-order valence-corrected chi connectivity index (χ4v) is 4.31. The summed E-state index contributed by atoms with van der Waals surface area (Å²) in [5.74, 6) is 0.690. The first-order chi connectivity index (χ1) is 13.9. The number of thioether (sulfide) groups is 1. The van der Waals surface area contributed by atoms with Crippen LogP contribution in [0.2, 0.25) is 10.0 Å². The molecule has 0 radical (unpaired) electrons. The lowest BCUT2D eigenvalue weighted by atomic mass is 10.1. The Kier molecular flexibility index (Phi) is 5.54. The molecule has 29 heavy (non-hydrogen) atoms. The molecule has 146 valence electrons. The summed E-state index contributed by atoms with van der Waals surface area (Å²) in [6.45, 7) is 2.20. The van der Waals surface area contributed by atoms with Crippen LogP contribution < -0.4 is 0 Å². The summed E-state index contributed by atoms with van der Waals surface area (Å²) in [6, 6.07) is 16.3. The molecule has 2 heterocycles. The second-order valence-corrected chi connectivity index (χ2v) is 8.36. The minimum absolute atomic E-state index is 0.248. The van der Waals surface area contributed by atoms with Crippen molar-refractivity contribution >= 4 is 52.2 Å². The van der Waals surface area contributed by atoms with Crippen LogP contribution in [0, 0.1) is 6.92 Å². The van der Waals surface area contributed by atoms with Crippen LogP contribution in [0.25, 0.3) is 17.4 Å². The van der Waals surface area contributed by atoms with Gasteiger partial charge in [-0.15, -0.1) is 0 Å². The largest absolute Gasteiger partial charge is 0.457 e. The highest BCUT2D eigenvalue weighted by Gasteiger charge is 2.35. The number of hydrogen-bond donors (Lipinski definition) is 0. The molecule has 2 aromatic carbocycles. The number of imide groups is 1. The minimum Gasteiger partial charge on any atom is -0.457 e. The molecule has 4 rings (SSSR count). The Labute approximate surface area is 182 Å². The van der Waals surface area contributed by atoms with Crippen LogP contribution in [0.15, 0.2) is 63.9 Å². The summed E-state index contributed by atoms with van der Waals surface area (Å²) >= 11 is 13.1. The van der Waals surface area contributed by atoms with Gasteiger partial charge in [0, 0.05) is 16.7 Å². The smallest absolute Gasteiger partial charge is 0.293 e. The predicted molar refractivity (Wildman–Crippen MR) is 117 cm³/mol. The monoisotopic (exact) mass is 443 g/mol. The first kappa shape index (κ1) is 19.8. The van der Waals surface area contributed by atoms with Gasteiger partial charge in [0.1, 0.15) is 11.5 Å². The molecule has 2 amide bonds. The van der Waals surface area contributed by atoms with E-state index < -0.39 is 0 Å². The number of carbonyl (C=O) groups excluding carboxylic acids is 2. The van der Waals surface area contributed by atoms with Crippen molar-refractivity contribution in [3.05, 3.63) is 86.4 Å². The van der Waals surface area contributed by atoms with Crippen LogP contribution >= 0.6 is 35.0 Å². The minimum atomic E-state index is -0.328. The van der Waals surface area contributed by atoms with Gasteiger partial charge in [-0.2, -0.15) is 0 Å². The van der Waals surface area contributed by atoms with Gasteiger partial charge in [-0.05, 0) is 60.1 Å². The molecule has 1 aliphatic rings. The second kappa shape index (κ2) is 8.11. The number of furan rings is 1. The van der Waals surface area contributed by atoms with Gasteiger partial charge in [-0.1, -0.05) is 47.5 Å². The average molecular weight is 444 g/mol. The van der Waals surface area contributed by atoms with E-state index in [1.807, 2.05) is 31.2 Å². The lowest BCUT2D eigenvalue weighted by molar-refractivity contribution is -0.123. The quantitative estimate of drug-likeness (QED) is 0.416. The van der Waals surface area contributed by atoms with Crippen LogP contribution in [-0.2, 0) is 11.3 Å². The zero-order valence-electron chi connectivity index (χ0n) is 15.3. The van der Waals surface area contributed by atoms with Crippen molar-refractivity contribution in [2.24, 2.45) is 0 Å². The van der Waals surface area contributed by atoms with Crippen LogP contribution in [0.3, 0.4) is 0 Å². The lowest BCUT2D eigenvalue weighted by Gasteiger charge is -2.14. The van der Waals surface area contributed by atoms with Gasteiger partial charge in [-0.3, -0.25) is 14.5 Å². The zero-order valence-corrected chi connectivity index (χ0v) is 17.6. The molecule has 1 saturated heterocycles. The van der Waals surface area contributed by atoms with E-state index in [0.29, 0.717) is 32.0 Å². The van der Waals surface area contributed by atoms with E-state index in [0.717, 1.165) is 22.9 Å². The third kappa shape index (κ3) is 4.13. The summed E-state index contributed by atoms with van der Waals surface area (Å²) in [5.41, 5.74) is 2.67. The topological polar surface area (TPSA) is 50.5 Å². The molecule has 3 aromatic rings. The average Bonchev–Trinajstić information content (AvgIpc) is 3.24. The lowest BCUT2D eigenvalue weighted by Crippen LogP contribution is -2.27. The van der Waals surface area contributed by atoms with E-state index in [1.54, 1.807) is 36.4 Å². The molecule has 7 heteroatoms. The molecule has 0 N–H and O–H groups in total. The predicted octanol–water partition coefficient (Wildman–Crippen LogP) is 6.80. The van der Waals surface area contributed by atoms with Crippen molar-refractivity contribution in [3.63, 3.8) is 0 Å². The van der Waals surface area contributed by atoms with Crippen LogP contribution in [0.4, 0.5) is 4.79 Å². The molecular formula is C22H15Cl2NO3S. The number of rotatable bonds is 4. The Balaban J connectivity index is 1.56. The van der Waals surface area contributed by atoms with E-state index in [2.05, 4.69) is 0 Å². The molecule has 4 nitrogen and oxygen atoms in total. The van der Waals surface area contributed by atoms with Gasteiger partial charge in [0.25, 0.3) is 11.1 Å². The highest BCUT2D eigenvalue weighted by atomic mass is 35.5. The molecule has 0 atom stereocenters. The number of aryl methyl sites for hydroxylation is 1. The van der Waals surface area contributed by atoms with E-state index in [-0.39, 0.29) is 17.7 Å². The standard InChI is InChI=1S/C22H15Cl2NO3S/c1-13-4-2-3-5-14(13)12-25-21(26)20(29-22(25)27)11-16-7-9-19(28-16)17-8-6-15(23)10-18(17)24/h2-11H,12H2,1H3/b20-11-. The van der Waals surface area contributed by atoms with Crippen molar-refractivity contribution in [2.75, 3.05) is 0 Å². The molecule has 0 aliphatic carbocycles. The van der Waals surface area contributed by atoms with Crippen molar-refractivity contribution in [2.45, 2.75) is 13.5 Å². The van der Waals surface area contributed by atoms with Gasteiger partial charge in [0.05, 0.1) is 16.5 Å². The van der Waals surface area contributed by atoms with Crippen LogP contribution in [-0.4, -0.2) is 16.0 Å². The molecule has 0 bridgehead atoms. The van der Waals surface area contributed by atoms with Crippen molar-refractivity contribution in [3.8, 4) is 11.3 Å². The Hall–Kier alpha value is -2.47. The maximum Gasteiger partial charge on any atom is 0.293 e. The Morgan fingerprint density at radius 1 is 1.07 bits per heavy atom. The number of hydrogen-bond acceptors (Lipinski definition) is 4. The highest BCUT2D eigenvalue weighted by molar-refractivity contribution is 8.18. The first-order valence-electron chi connectivity index (χ1n) is 8.77. The van der Waals surface area contributed by atoms with Crippen molar-refractivity contribution in [1.29, 1.82) is 0 Å². The van der Waals surface area contributed by atoms with E-state index >= 15 is 0 Å². The molecular weight excluding hydrogens is 429 g/mol. The number of nitrogens with zero attached hydrogens (tertiary/aromatic N) is 1. The maximum absolute atomic E-state index is 12.7. The van der Waals surface area contributed by atoms with E-state index in [9.17, 15) is 9.59 Å². The third-order valence-electron chi connectivity index (χ3n) is 4.56. The van der Waals surface area contributed by atoms with Crippen molar-refractivity contribution in [1.82, 2.24) is 4.90 Å². The van der Waals surface area contributed by atoms with Crippen LogP contribution in [0.1, 0.15) is 16.9 Å². The Morgan fingerprint density at radius 3 is 2.62 bits per heavy atom. The van der Waals surface area contributed by atoms with Crippen molar-refractivity contribution < 1.29 is 14.0 Å². The molecule has 0 saturated carbocycles. The zero-order chi connectivity index (χ0) is 20.5.